The summed E-state index contributed by atoms with van der Waals surface area (Å²) < 4.78 is 4.83. The first kappa shape index (κ1) is 34.6. The lowest BCUT2D eigenvalue weighted by Gasteiger charge is -2.24. The Labute approximate surface area is 357 Å². The predicted molar refractivity (Wildman–Crippen MR) is 259 cm³/mol. The Balaban J connectivity index is 1.03. The van der Waals surface area contributed by atoms with Crippen molar-refractivity contribution in [2.24, 2.45) is 9.98 Å². The fraction of sp³-hybridized carbons (Fsp3) is 0.0175. The number of para-hydroxylation sites is 3. The number of nitrogens with one attached hydrogen (secondary N) is 1. The van der Waals surface area contributed by atoms with E-state index in [-0.39, 0.29) is 0 Å². The van der Waals surface area contributed by atoms with Crippen LogP contribution in [0.2, 0.25) is 0 Å². The SMILES string of the molecule is c1ccc(C2=NC(c3ccccc3-n3c4ccc(-n5c6ccccc6c6ccccc65)cc4c4cc5ccccc5cc43)N=C(c3ccc4c(ccc5ccccc54)c3)N2)cc1. The molecular weight excluding hydrogens is 755 g/mol. The van der Waals surface area contributed by atoms with Crippen LogP contribution in [0, 0.1) is 0 Å². The number of fused-ring (bicyclic) bond motifs is 10. The highest BCUT2D eigenvalue weighted by Crippen LogP contribution is 2.40. The summed E-state index contributed by atoms with van der Waals surface area (Å²) in [5.41, 5.74) is 9.86. The molecule has 12 aromatic rings. The second-order valence-corrected chi connectivity index (χ2v) is 16.2. The van der Waals surface area contributed by atoms with E-state index < -0.39 is 6.17 Å². The molecule has 2 aromatic heterocycles. The van der Waals surface area contributed by atoms with Crippen LogP contribution in [0.5, 0.6) is 0 Å². The van der Waals surface area contributed by atoms with Crippen LogP contribution in [-0.2, 0) is 0 Å². The number of hydrogen-bond donors (Lipinski definition) is 1. The first-order valence-electron chi connectivity index (χ1n) is 21.2. The maximum absolute atomic E-state index is 5.45. The molecule has 13 rings (SSSR count). The van der Waals surface area contributed by atoms with Crippen LogP contribution in [0.1, 0.15) is 22.9 Å². The Morgan fingerprint density at radius 3 is 1.71 bits per heavy atom. The molecule has 1 atom stereocenters. The normalized spacial score (nSPS) is 14.3. The standard InChI is InChI=1S/C57H37N5/c1-2-15-37(16-3-1)55-58-56(41-28-30-44-40(32-41)27-26-36-14-6-7-19-43(36)44)60-57(59-55)47-22-10-13-25-52(47)62-53-31-29-42(35-49(53)48-33-38-17-4-5-18-39(38)34-54(48)62)61-50-23-11-8-20-45(50)46-21-9-12-24-51(46)61/h1-35,57H,(H,58,59,60). The molecule has 0 saturated carbocycles. The van der Waals surface area contributed by atoms with E-state index in [9.17, 15) is 0 Å². The van der Waals surface area contributed by atoms with Crippen LogP contribution in [0.4, 0.5) is 0 Å². The van der Waals surface area contributed by atoms with Crippen molar-refractivity contribution in [1.29, 1.82) is 0 Å². The summed E-state index contributed by atoms with van der Waals surface area (Å²) in [7, 11) is 0. The van der Waals surface area contributed by atoms with Gasteiger partial charge in [0.05, 0.1) is 27.8 Å². The lowest BCUT2D eigenvalue weighted by molar-refractivity contribution is 0.750. The quantitative estimate of drug-likeness (QED) is 0.173. The molecule has 1 unspecified atom stereocenters. The maximum atomic E-state index is 5.45. The number of amidine groups is 2. The lowest BCUT2D eigenvalue weighted by atomic mass is 9.99. The molecule has 1 aliphatic rings. The second kappa shape index (κ2) is 13.6. The molecule has 0 spiro atoms. The summed E-state index contributed by atoms with van der Waals surface area (Å²) >= 11 is 0. The third-order valence-electron chi connectivity index (χ3n) is 12.7. The number of aromatic nitrogens is 2. The first-order valence-corrected chi connectivity index (χ1v) is 21.2. The van der Waals surface area contributed by atoms with Crippen LogP contribution in [0.25, 0.3) is 87.3 Å². The number of rotatable bonds is 5. The Bertz CT molecular complexity index is 3800. The van der Waals surface area contributed by atoms with Crippen molar-refractivity contribution in [3.05, 3.63) is 229 Å². The Morgan fingerprint density at radius 1 is 0.339 bits per heavy atom. The number of hydrogen-bond acceptors (Lipinski definition) is 3. The minimum Gasteiger partial charge on any atom is -0.324 e. The number of aliphatic imine (C=N–C) groups is 2. The number of benzene rings is 10. The average Bonchev–Trinajstić information content (AvgIpc) is 3.85. The average molecular weight is 792 g/mol. The molecule has 0 amide bonds. The zero-order valence-corrected chi connectivity index (χ0v) is 33.6. The van der Waals surface area contributed by atoms with E-state index in [1.165, 1.54) is 64.9 Å². The molecule has 10 aromatic carbocycles. The van der Waals surface area contributed by atoms with E-state index in [0.29, 0.717) is 0 Å². The minimum atomic E-state index is -0.519. The second-order valence-electron chi connectivity index (χ2n) is 16.2. The zero-order chi connectivity index (χ0) is 40.7. The highest BCUT2D eigenvalue weighted by Gasteiger charge is 2.25. The summed E-state index contributed by atoms with van der Waals surface area (Å²) in [4.78, 5) is 10.8. The molecule has 0 saturated heterocycles. The first-order chi connectivity index (χ1) is 30.7. The fourth-order valence-electron chi connectivity index (χ4n) is 9.84. The van der Waals surface area contributed by atoms with Gasteiger partial charge in [0.2, 0.25) is 0 Å². The van der Waals surface area contributed by atoms with Gasteiger partial charge in [0.15, 0.2) is 6.17 Å². The van der Waals surface area contributed by atoms with E-state index in [0.717, 1.165) is 50.8 Å². The van der Waals surface area contributed by atoms with Gasteiger partial charge >= 0.3 is 0 Å². The molecule has 0 bridgehead atoms. The van der Waals surface area contributed by atoms with E-state index >= 15 is 0 Å². The highest BCUT2D eigenvalue weighted by molar-refractivity contribution is 6.18. The molecule has 0 radical (unpaired) electrons. The predicted octanol–water partition coefficient (Wildman–Crippen LogP) is 13.8. The fourth-order valence-corrected chi connectivity index (χ4v) is 9.84. The molecule has 5 nitrogen and oxygen atoms in total. The van der Waals surface area contributed by atoms with Gasteiger partial charge < -0.3 is 14.5 Å². The van der Waals surface area contributed by atoms with E-state index in [4.69, 9.17) is 9.98 Å². The van der Waals surface area contributed by atoms with Crippen LogP contribution < -0.4 is 5.32 Å². The van der Waals surface area contributed by atoms with Crippen molar-refractivity contribution in [2.45, 2.75) is 6.17 Å². The monoisotopic (exact) mass is 791 g/mol. The van der Waals surface area contributed by atoms with Crippen molar-refractivity contribution in [2.75, 3.05) is 0 Å². The van der Waals surface area contributed by atoms with E-state index in [1.54, 1.807) is 0 Å². The number of nitrogens with zero attached hydrogens (tertiary/aromatic N) is 4. The van der Waals surface area contributed by atoms with Crippen LogP contribution in [0.3, 0.4) is 0 Å². The van der Waals surface area contributed by atoms with E-state index in [2.05, 4.69) is 221 Å². The molecule has 290 valence electrons. The molecule has 0 fully saturated rings. The summed E-state index contributed by atoms with van der Waals surface area (Å²) in [6.45, 7) is 0. The summed E-state index contributed by atoms with van der Waals surface area (Å²) in [6.07, 6.45) is -0.519. The van der Waals surface area contributed by atoms with Gasteiger partial charge in [0, 0.05) is 43.9 Å². The lowest BCUT2D eigenvalue weighted by Crippen LogP contribution is -2.36. The molecule has 1 N–H and O–H groups in total. The smallest absolute Gasteiger partial charge is 0.171 e. The van der Waals surface area contributed by atoms with Gasteiger partial charge in [-0.05, 0) is 86.9 Å². The van der Waals surface area contributed by atoms with Gasteiger partial charge in [0.1, 0.15) is 11.7 Å². The topological polar surface area (TPSA) is 46.6 Å². The zero-order valence-electron chi connectivity index (χ0n) is 33.6. The summed E-state index contributed by atoms with van der Waals surface area (Å²) in [5.74, 6) is 1.58. The molecule has 0 aliphatic carbocycles. The van der Waals surface area contributed by atoms with Gasteiger partial charge in [-0.3, -0.25) is 0 Å². The van der Waals surface area contributed by atoms with Gasteiger partial charge in [-0.2, -0.15) is 0 Å². The molecule has 5 heteroatoms. The Morgan fingerprint density at radius 2 is 0.919 bits per heavy atom. The van der Waals surface area contributed by atoms with Crippen molar-refractivity contribution >= 4 is 87.6 Å². The highest BCUT2D eigenvalue weighted by atomic mass is 15.2. The summed E-state index contributed by atoms with van der Waals surface area (Å²) in [6, 6.07) is 76.4. The van der Waals surface area contributed by atoms with Crippen molar-refractivity contribution < 1.29 is 0 Å². The summed E-state index contributed by atoms with van der Waals surface area (Å²) in [5, 5.41) is 15.8. The molecule has 62 heavy (non-hydrogen) atoms. The van der Waals surface area contributed by atoms with Crippen molar-refractivity contribution in [1.82, 2.24) is 14.5 Å². The molecule has 3 heterocycles. The van der Waals surface area contributed by atoms with Crippen molar-refractivity contribution in [3.8, 4) is 11.4 Å². The van der Waals surface area contributed by atoms with E-state index in [1.807, 2.05) is 6.07 Å². The Kier molecular flexibility index (Phi) is 7.60. The molecule has 1 aliphatic heterocycles. The van der Waals surface area contributed by atoms with Gasteiger partial charge in [0.25, 0.3) is 0 Å². The minimum absolute atomic E-state index is 0.519. The van der Waals surface area contributed by atoms with Crippen LogP contribution in [-0.4, -0.2) is 20.8 Å². The third kappa shape index (κ3) is 5.35. The third-order valence-corrected chi connectivity index (χ3v) is 12.7. The van der Waals surface area contributed by atoms with Gasteiger partial charge in [-0.25, -0.2) is 9.98 Å². The Hall–Kier alpha value is -8.28. The maximum Gasteiger partial charge on any atom is 0.171 e. The largest absolute Gasteiger partial charge is 0.324 e. The van der Waals surface area contributed by atoms with Gasteiger partial charge in [-0.15, -0.1) is 0 Å². The van der Waals surface area contributed by atoms with Gasteiger partial charge in [-0.1, -0.05) is 158 Å². The van der Waals surface area contributed by atoms with Crippen LogP contribution >= 0.6 is 0 Å². The molecular formula is C57H37N5. The van der Waals surface area contributed by atoms with Crippen molar-refractivity contribution in [3.63, 3.8) is 0 Å². The van der Waals surface area contributed by atoms with Crippen LogP contribution in [0.15, 0.2) is 222 Å².